The minimum atomic E-state index is -0.164. The predicted octanol–water partition coefficient (Wildman–Crippen LogP) is 1.74. The van der Waals surface area contributed by atoms with Gasteiger partial charge in [-0.25, -0.2) is 4.68 Å². The van der Waals surface area contributed by atoms with Crippen LogP contribution in [0.25, 0.3) is 0 Å². The van der Waals surface area contributed by atoms with Gasteiger partial charge in [-0.05, 0) is 30.2 Å². The summed E-state index contributed by atoms with van der Waals surface area (Å²) in [7, 11) is 0. The summed E-state index contributed by atoms with van der Waals surface area (Å²) in [5.74, 6) is 0.185. The van der Waals surface area contributed by atoms with E-state index in [1.54, 1.807) is 10.8 Å². The highest BCUT2D eigenvalue weighted by Crippen LogP contribution is 2.23. The number of thioether (sulfide) groups is 1. The molecule has 0 N–H and O–H groups in total. The Bertz CT molecular complexity index is 453. The SMILES string of the molecule is C=CCn1nnnc1S[C@@H](C)C(=O)N1CCCCCC1. The van der Waals surface area contributed by atoms with Crippen LogP contribution in [0.1, 0.15) is 32.6 Å². The third-order valence-electron chi connectivity index (χ3n) is 3.35. The third kappa shape index (κ3) is 3.82. The maximum Gasteiger partial charge on any atom is 0.235 e. The fourth-order valence-electron chi connectivity index (χ4n) is 2.27. The third-order valence-corrected chi connectivity index (χ3v) is 4.41. The van der Waals surface area contributed by atoms with Gasteiger partial charge in [0, 0.05) is 13.1 Å². The van der Waals surface area contributed by atoms with Crippen molar-refractivity contribution in [3.8, 4) is 0 Å². The second-order valence-electron chi connectivity index (χ2n) is 4.93. The molecule has 110 valence electrons. The van der Waals surface area contributed by atoms with Crippen molar-refractivity contribution in [1.82, 2.24) is 25.1 Å². The Labute approximate surface area is 123 Å². The molecule has 2 rings (SSSR count). The summed E-state index contributed by atoms with van der Waals surface area (Å²) in [5.41, 5.74) is 0. The highest BCUT2D eigenvalue weighted by atomic mass is 32.2. The lowest BCUT2D eigenvalue weighted by atomic mass is 10.2. The Balaban J connectivity index is 1.95. The molecule has 1 amide bonds. The second kappa shape index (κ2) is 7.42. The lowest BCUT2D eigenvalue weighted by Crippen LogP contribution is -2.37. The lowest BCUT2D eigenvalue weighted by molar-refractivity contribution is -0.130. The van der Waals surface area contributed by atoms with E-state index in [1.807, 2.05) is 11.8 Å². The first-order valence-corrected chi connectivity index (χ1v) is 7.93. The first-order valence-electron chi connectivity index (χ1n) is 7.05. The number of hydrogen-bond donors (Lipinski definition) is 0. The normalized spacial score (nSPS) is 17.6. The number of nitrogens with zero attached hydrogens (tertiary/aromatic N) is 5. The van der Waals surface area contributed by atoms with Gasteiger partial charge in [0.05, 0.1) is 11.8 Å². The quantitative estimate of drug-likeness (QED) is 0.611. The molecule has 1 aromatic rings. The molecule has 0 aliphatic carbocycles. The topological polar surface area (TPSA) is 63.9 Å². The zero-order chi connectivity index (χ0) is 14.4. The van der Waals surface area contributed by atoms with E-state index in [9.17, 15) is 4.79 Å². The van der Waals surface area contributed by atoms with Crippen LogP contribution in [0.3, 0.4) is 0 Å². The van der Waals surface area contributed by atoms with Crippen molar-refractivity contribution < 1.29 is 4.79 Å². The predicted molar refractivity (Wildman–Crippen MR) is 78.4 cm³/mol. The minimum Gasteiger partial charge on any atom is -0.342 e. The molecule has 1 aromatic heterocycles. The number of carbonyl (C=O) groups excluding carboxylic acids is 1. The van der Waals surface area contributed by atoms with E-state index in [-0.39, 0.29) is 11.2 Å². The minimum absolute atomic E-state index is 0.164. The number of amides is 1. The van der Waals surface area contributed by atoms with Gasteiger partial charge in [-0.15, -0.1) is 11.7 Å². The molecular weight excluding hydrogens is 274 g/mol. The molecule has 1 aliphatic heterocycles. The van der Waals surface area contributed by atoms with Gasteiger partial charge in [-0.3, -0.25) is 4.79 Å². The summed E-state index contributed by atoms with van der Waals surface area (Å²) in [6, 6.07) is 0. The summed E-state index contributed by atoms with van der Waals surface area (Å²) in [6.07, 6.45) is 6.40. The Morgan fingerprint density at radius 3 is 2.75 bits per heavy atom. The molecule has 1 fully saturated rings. The number of carbonyl (C=O) groups is 1. The number of aromatic nitrogens is 4. The molecule has 20 heavy (non-hydrogen) atoms. The number of hydrogen-bond acceptors (Lipinski definition) is 5. The summed E-state index contributed by atoms with van der Waals surface area (Å²) >= 11 is 1.41. The monoisotopic (exact) mass is 295 g/mol. The largest absolute Gasteiger partial charge is 0.342 e. The summed E-state index contributed by atoms with van der Waals surface area (Å²) in [5, 5.41) is 12.0. The van der Waals surface area contributed by atoms with Crippen molar-refractivity contribution >= 4 is 17.7 Å². The molecule has 0 spiro atoms. The van der Waals surface area contributed by atoms with Crippen molar-refractivity contribution in [2.45, 2.75) is 49.6 Å². The molecule has 0 unspecified atom stereocenters. The zero-order valence-electron chi connectivity index (χ0n) is 11.9. The molecule has 0 bridgehead atoms. The van der Waals surface area contributed by atoms with Crippen molar-refractivity contribution in [3.63, 3.8) is 0 Å². The standard InChI is InChI=1S/C13H21N5OS/c1-3-8-18-13(14-15-16-18)20-11(2)12(19)17-9-6-4-5-7-10-17/h3,11H,1,4-10H2,2H3/t11-/m0/s1. The zero-order valence-corrected chi connectivity index (χ0v) is 12.7. The van der Waals surface area contributed by atoms with E-state index in [0.29, 0.717) is 11.7 Å². The maximum absolute atomic E-state index is 12.5. The van der Waals surface area contributed by atoms with Gasteiger partial charge < -0.3 is 4.90 Å². The van der Waals surface area contributed by atoms with E-state index in [4.69, 9.17) is 0 Å². The lowest BCUT2D eigenvalue weighted by Gasteiger charge is -2.23. The summed E-state index contributed by atoms with van der Waals surface area (Å²) < 4.78 is 1.66. The van der Waals surface area contributed by atoms with Gasteiger partial charge >= 0.3 is 0 Å². The van der Waals surface area contributed by atoms with Crippen LogP contribution in [0.5, 0.6) is 0 Å². The molecule has 7 heteroatoms. The fraction of sp³-hybridized carbons (Fsp3) is 0.692. The Morgan fingerprint density at radius 1 is 1.40 bits per heavy atom. The van der Waals surface area contributed by atoms with Crippen LogP contribution in [0.15, 0.2) is 17.8 Å². The van der Waals surface area contributed by atoms with Crippen LogP contribution in [0.4, 0.5) is 0 Å². The van der Waals surface area contributed by atoms with E-state index in [0.717, 1.165) is 25.9 Å². The highest BCUT2D eigenvalue weighted by Gasteiger charge is 2.24. The number of allylic oxidation sites excluding steroid dienone is 1. The van der Waals surface area contributed by atoms with Gasteiger partial charge in [0.25, 0.3) is 0 Å². The molecule has 0 saturated carbocycles. The van der Waals surface area contributed by atoms with Crippen molar-refractivity contribution in [3.05, 3.63) is 12.7 Å². The van der Waals surface area contributed by atoms with Crippen LogP contribution in [0.2, 0.25) is 0 Å². The van der Waals surface area contributed by atoms with Gasteiger partial charge in [0.15, 0.2) is 0 Å². The van der Waals surface area contributed by atoms with Crippen LogP contribution in [-0.4, -0.2) is 49.4 Å². The summed E-state index contributed by atoms with van der Waals surface area (Å²) in [4.78, 5) is 14.4. The fourth-order valence-corrected chi connectivity index (χ4v) is 3.16. The molecule has 1 aliphatic rings. The second-order valence-corrected chi connectivity index (χ2v) is 6.24. The van der Waals surface area contributed by atoms with E-state index >= 15 is 0 Å². The van der Waals surface area contributed by atoms with Crippen LogP contribution < -0.4 is 0 Å². The molecule has 1 atom stereocenters. The van der Waals surface area contributed by atoms with Crippen LogP contribution in [-0.2, 0) is 11.3 Å². The van der Waals surface area contributed by atoms with Crippen molar-refractivity contribution in [2.75, 3.05) is 13.1 Å². The van der Waals surface area contributed by atoms with Crippen molar-refractivity contribution in [2.24, 2.45) is 0 Å². The highest BCUT2D eigenvalue weighted by molar-refractivity contribution is 8.00. The Morgan fingerprint density at radius 2 is 2.10 bits per heavy atom. The number of tetrazole rings is 1. The Hall–Kier alpha value is -1.37. The summed E-state index contributed by atoms with van der Waals surface area (Å²) in [6.45, 7) is 7.90. The first kappa shape index (κ1) is 15.0. The first-order chi connectivity index (χ1) is 9.72. The van der Waals surface area contributed by atoms with Crippen LogP contribution >= 0.6 is 11.8 Å². The number of rotatable bonds is 5. The average molecular weight is 295 g/mol. The molecule has 2 heterocycles. The van der Waals surface area contributed by atoms with Crippen molar-refractivity contribution in [1.29, 1.82) is 0 Å². The van der Waals surface area contributed by atoms with E-state index in [2.05, 4.69) is 22.1 Å². The molecule has 6 nitrogen and oxygen atoms in total. The maximum atomic E-state index is 12.5. The van der Waals surface area contributed by atoms with Gasteiger partial charge in [0.1, 0.15) is 0 Å². The van der Waals surface area contributed by atoms with Crippen LogP contribution in [0, 0.1) is 0 Å². The Kier molecular flexibility index (Phi) is 5.58. The smallest absolute Gasteiger partial charge is 0.235 e. The van der Waals surface area contributed by atoms with E-state index < -0.39 is 0 Å². The molecule has 1 saturated heterocycles. The van der Waals surface area contributed by atoms with Gasteiger partial charge in [-0.1, -0.05) is 30.7 Å². The molecule has 0 aromatic carbocycles. The van der Waals surface area contributed by atoms with Gasteiger partial charge in [0.2, 0.25) is 11.1 Å². The molecule has 0 radical (unpaired) electrons. The average Bonchev–Trinajstić information content (AvgIpc) is 2.72. The molecular formula is C13H21N5OS. The van der Waals surface area contributed by atoms with Gasteiger partial charge in [-0.2, -0.15) is 0 Å². The van der Waals surface area contributed by atoms with E-state index in [1.165, 1.54) is 24.6 Å². The number of likely N-dealkylation sites (tertiary alicyclic amines) is 1.